The van der Waals surface area contributed by atoms with Crippen LogP contribution in [-0.4, -0.2) is 21.6 Å². The second-order valence-electron chi connectivity index (χ2n) is 4.82. The fourth-order valence-corrected chi connectivity index (χ4v) is 2.84. The van der Waals surface area contributed by atoms with E-state index in [0.29, 0.717) is 5.82 Å². The average Bonchev–Trinajstić information content (AvgIpc) is 2.98. The van der Waals surface area contributed by atoms with Gasteiger partial charge in [0.1, 0.15) is 5.82 Å². The summed E-state index contributed by atoms with van der Waals surface area (Å²) in [5, 5.41) is 11.7. The average molecular weight is 306 g/mol. The lowest BCUT2D eigenvalue weighted by atomic mass is 10.1. The van der Waals surface area contributed by atoms with Gasteiger partial charge < -0.3 is 10.6 Å². The third-order valence-corrected chi connectivity index (χ3v) is 3.91. The van der Waals surface area contributed by atoms with Crippen molar-refractivity contribution < 1.29 is 9.59 Å². The topological polar surface area (TPSA) is 76.0 Å². The maximum Gasteiger partial charge on any atom is 0.227 e. The SMILES string of the molecule is CC(=O)NC(CC(=O)Nc1cc(C)nn1C)c1cccs1. The number of aryl methyl sites for hydroxylation is 2. The maximum absolute atomic E-state index is 12.2. The molecule has 112 valence electrons. The summed E-state index contributed by atoms with van der Waals surface area (Å²) < 4.78 is 1.62. The molecule has 1 unspecified atom stereocenters. The van der Waals surface area contributed by atoms with Crippen molar-refractivity contribution in [1.29, 1.82) is 0 Å². The summed E-state index contributed by atoms with van der Waals surface area (Å²) in [6.45, 7) is 3.31. The van der Waals surface area contributed by atoms with Crippen LogP contribution < -0.4 is 10.6 Å². The van der Waals surface area contributed by atoms with Crippen LogP contribution in [0.25, 0.3) is 0 Å². The van der Waals surface area contributed by atoms with Crippen LogP contribution in [0, 0.1) is 6.92 Å². The van der Waals surface area contributed by atoms with Crippen molar-refractivity contribution >= 4 is 29.0 Å². The second-order valence-corrected chi connectivity index (χ2v) is 5.79. The van der Waals surface area contributed by atoms with Gasteiger partial charge in [-0.1, -0.05) is 6.07 Å². The summed E-state index contributed by atoms with van der Waals surface area (Å²) in [4.78, 5) is 24.4. The minimum absolute atomic E-state index is 0.155. The van der Waals surface area contributed by atoms with Gasteiger partial charge in [-0.2, -0.15) is 5.10 Å². The fraction of sp³-hybridized carbons (Fsp3) is 0.357. The molecule has 2 rings (SSSR count). The minimum atomic E-state index is -0.308. The van der Waals surface area contributed by atoms with E-state index in [1.807, 2.05) is 24.4 Å². The molecule has 0 aromatic carbocycles. The predicted octanol–water partition coefficient (Wildman–Crippen LogP) is 2.00. The summed E-state index contributed by atoms with van der Waals surface area (Å²) >= 11 is 1.52. The number of anilines is 1. The van der Waals surface area contributed by atoms with Crippen LogP contribution in [0.3, 0.4) is 0 Å². The van der Waals surface area contributed by atoms with E-state index < -0.39 is 0 Å². The van der Waals surface area contributed by atoms with Gasteiger partial charge in [-0.25, -0.2) is 0 Å². The van der Waals surface area contributed by atoms with Gasteiger partial charge in [0.2, 0.25) is 11.8 Å². The Morgan fingerprint density at radius 1 is 1.48 bits per heavy atom. The molecule has 7 heteroatoms. The van der Waals surface area contributed by atoms with E-state index in [4.69, 9.17) is 0 Å². The lowest BCUT2D eigenvalue weighted by molar-refractivity contribution is -0.120. The highest BCUT2D eigenvalue weighted by atomic mass is 32.1. The normalized spacial score (nSPS) is 12.0. The summed E-state index contributed by atoms with van der Waals surface area (Å²) in [5.74, 6) is 0.327. The van der Waals surface area contributed by atoms with E-state index in [9.17, 15) is 9.59 Å². The van der Waals surface area contributed by atoms with Crippen molar-refractivity contribution in [2.45, 2.75) is 26.3 Å². The Morgan fingerprint density at radius 2 is 2.24 bits per heavy atom. The molecule has 2 aromatic heterocycles. The molecule has 2 amide bonds. The highest BCUT2D eigenvalue weighted by molar-refractivity contribution is 7.10. The van der Waals surface area contributed by atoms with Gasteiger partial charge in [-0.15, -0.1) is 11.3 Å². The van der Waals surface area contributed by atoms with Crippen LogP contribution >= 0.6 is 11.3 Å². The Bertz CT molecular complexity index is 633. The van der Waals surface area contributed by atoms with Gasteiger partial charge in [0.15, 0.2) is 0 Å². The molecule has 0 spiro atoms. The number of carbonyl (C=O) groups is 2. The lowest BCUT2D eigenvalue weighted by Crippen LogP contribution is -2.29. The summed E-state index contributed by atoms with van der Waals surface area (Å²) in [7, 11) is 1.77. The van der Waals surface area contributed by atoms with Crippen LogP contribution in [-0.2, 0) is 16.6 Å². The summed E-state index contributed by atoms with van der Waals surface area (Å²) in [6, 6.07) is 5.30. The summed E-state index contributed by atoms with van der Waals surface area (Å²) in [5.41, 5.74) is 0.837. The molecular formula is C14H18N4O2S. The molecule has 2 aromatic rings. The molecule has 1 atom stereocenters. The Kier molecular flexibility index (Phi) is 4.74. The molecule has 2 heterocycles. The third kappa shape index (κ3) is 4.16. The fourth-order valence-electron chi connectivity index (χ4n) is 2.06. The Hall–Kier alpha value is -2.15. The first-order valence-electron chi connectivity index (χ1n) is 6.56. The molecule has 0 radical (unpaired) electrons. The molecule has 0 bridgehead atoms. The van der Waals surface area contributed by atoms with E-state index in [-0.39, 0.29) is 24.3 Å². The molecule has 0 fully saturated rings. The largest absolute Gasteiger partial charge is 0.348 e. The first-order chi connectivity index (χ1) is 9.95. The maximum atomic E-state index is 12.2. The zero-order valence-corrected chi connectivity index (χ0v) is 13.0. The van der Waals surface area contributed by atoms with E-state index in [1.165, 1.54) is 18.3 Å². The molecule has 0 saturated carbocycles. The third-order valence-electron chi connectivity index (χ3n) is 2.92. The molecule has 0 aliphatic carbocycles. The van der Waals surface area contributed by atoms with E-state index in [0.717, 1.165) is 10.6 Å². The molecule has 2 N–H and O–H groups in total. The van der Waals surface area contributed by atoms with Gasteiger partial charge in [0.25, 0.3) is 0 Å². The first kappa shape index (κ1) is 15.2. The Labute approximate surface area is 127 Å². The van der Waals surface area contributed by atoms with Gasteiger partial charge in [-0.3, -0.25) is 14.3 Å². The Morgan fingerprint density at radius 3 is 2.76 bits per heavy atom. The summed E-state index contributed by atoms with van der Waals surface area (Å²) in [6.07, 6.45) is 0.185. The van der Waals surface area contributed by atoms with Crippen LogP contribution in [0.4, 0.5) is 5.82 Å². The van der Waals surface area contributed by atoms with Gasteiger partial charge in [-0.05, 0) is 18.4 Å². The standard InChI is InChI=1S/C14H18N4O2S/c1-9-7-13(18(3)17-9)16-14(20)8-11(15-10(2)19)12-5-4-6-21-12/h4-7,11H,8H2,1-3H3,(H,15,19)(H,16,20). The Balaban J connectivity index is 2.04. The number of rotatable bonds is 5. The van der Waals surface area contributed by atoms with Crippen molar-refractivity contribution in [3.63, 3.8) is 0 Å². The smallest absolute Gasteiger partial charge is 0.227 e. The van der Waals surface area contributed by atoms with Gasteiger partial charge >= 0.3 is 0 Å². The number of amides is 2. The molecular weight excluding hydrogens is 288 g/mol. The number of hydrogen-bond acceptors (Lipinski definition) is 4. The van der Waals surface area contributed by atoms with Crippen molar-refractivity contribution in [3.05, 3.63) is 34.2 Å². The number of carbonyl (C=O) groups excluding carboxylic acids is 2. The van der Waals surface area contributed by atoms with E-state index in [2.05, 4.69) is 15.7 Å². The van der Waals surface area contributed by atoms with Crippen LogP contribution in [0.2, 0.25) is 0 Å². The minimum Gasteiger partial charge on any atom is -0.348 e. The molecule has 6 nitrogen and oxygen atoms in total. The highest BCUT2D eigenvalue weighted by Gasteiger charge is 2.18. The molecule has 0 aliphatic heterocycles. The molecule has 21 heavy (non-hydrogen) atoms. The monoisotopic (exact) mass is 306 g/mol. The van der Waals surface area contributed by atoms with E-state index >= 15 is 0 Å². The van der Waals surface area contributed by atoms with Crippen molar-refractivity contribution in [2.75, 3.05) is 5.32 Å². The van der Waals surface area contributed by atoms with Crippen LogP contribution in [0.5, 0.6) is 0 Å². The van der Waals surface area contributed by atoms with Crippen LogP contribution in [0.1, 0.15) is 30.0 Å². The number of hydrogen-bond donors (Lipinski definition) is 2. The zero-order valence-electron chi connectivity index (χ0n) is 12.2. The predicted molar refractivity (Wildman–Crippen MR) is 82.1 cm³/mol. The van der Waals surface area contributed by atoms with Gasteiger partial charge in [0.05, 0.1) is 18.2 Å². The van der Waals surface area contributed by atoms with Crippen molar-refractivity contribution in [1.82, 2.24) is 15.1 Å². The molecule has 0 saturated heterocycles. The quantitative estimate of drug-likeness (QED) is 0.887. The number of aromatic nitrogens is 2. The number of nitrogens with zero attached hydrogens (tertiary/aromatic N) is 2. The zero-order chi connectivity index (χ0) is 15.4. The lowest BCUT2D eigenvalue weighted by Gasteiger charge is -2.16. The number of thiophene rings is 1. The van der Waals surface area contributed by atoms with Crippen molar-refractivity contribution in [2.24, 2.45) is 7.05 Å². The van der Waals surface area contributed by atoms with Crippen molar-refractivity contribution in [3.8, 4) is 0 Å². The number of nitrogens with one attached hydrogen (secondary N) is 2. The van der Waals surface area contributed by atoms with Crippen LogP contribution in [0.15, 0.2) is 23.6 Å². The van der Waals surface area contributed by atoms with E-state index in [1.54, 1.807) is 17.8 Å². The highest BCUT2D eigenvalue weighted by Crippen LogP contribution is 2.22. The first-order valence-corrected chi connectivity index (χ1v) is 7.44. The van der Waals surface area contributed by atoms with Gasteiger partial charge in [0, 0.05) is 24.9 Å². The molecule has 0 aliphatic rings. The second kappa shape index (κ2) is 6.53.